The molecule has 11 N–H and O–H groups in total. The van der Waals surface area contributed by atoms with Gasteiger partial charge in [0.2, 0.25) is 23.6 Å². The van der Waals surface area contributed by atoms with Gasteiger partial charge in [-0.25, -0.2) is 9.59 Å². The van der Waals surface area contributed by atoms with Crippen LogP contribution in [0.2, 0.25) is 0 Å². The van der Waals surface area contributed by atoms with Gasteiger partial charge in [-0.05, 0) is 103 Å². The van der Waals surface area contributed by atoms with E-state index in [9.17, 15) is 63.6 Å². The highest BCUT2D eigenvalue weighted by Gasteiger charge is 2.31. The molecule has 4 amide bonds. The molecule has 408 valence electrons. The number of nitrogens with one attached hydrogen (secondary N) is 6. The molecule has 1 fully saturated rings. The molecule has 20 nitrogen and oxygen atoms in total. The molecule has 0 bridgehead atoms. The molecule has 1 saturated carbocycles. The van der Waals surface area contributed by atoms with Crippen LogP contribution >= 0.6 is 0 Å². The van der Waals surface area contributed by atoms with Crippen molar-refractivity contribution in [3.63, 3.8) is 0 Å². The quantitative estimate of drug-likeness (QED) is 0.0272. The third kappa shape index (κ3) is 33.6. The summed E-state index contributed by atoms with van der Waals surface area (Å²) >= 11 is 0. The Labute approximate surface area is 421 Å². The molecular formula is C51H90N6O14. The zero-order valence-corrected chi connectivity index (χ0v) is 42.8. The van der Waals surface area contributed by atoms with Crippen LogP contribution in [0.4, 0.5) is 0 Å². The fourth-order valence-electron chi connectivity index (χ4n) is 8.89. The van der Waals surface area contributed by atoms with Crippen LogP contribution < -0.4 is 31.9 Å². The summed E-state index contributed by atoms with van der Waals surface area (Å²) in [4.78, 5) is 108. The monoisotopic (exact) mass is 1010 g/mol. The van der Waals surface area contributed by atoms with Crippen LogP contribution in [0.3, 0.4) is 0 Å². The Hall–Kier alpha value is -4.69. The SMILES string of the molecule is CN[C@@H](CCCCNC(=O)CC[C@H](NC(=O)CC[C@H](NC(O)CC[C@H](NC(=O)[C@H]1CC[C@H](CNC(=O)CCCCCCCCCCCCCCCCCCC(=O)O)CC1)C(=O)O)C(=O)O)C(=O)O)C(C)=O. The number of carboxylic acids is 4. The van der Waals surface area contributed by atoms with E-state index in [2.05, 4.69) is 31.9 Å². The first kappa shape index (κ1) is 64.3. The summed E-state index contributed by atoms with van der Waals surface area (Å²) in [5.41, 5.74) is 0. The Bertz CT molecular complexity index is 1590. The summed E-state index contributed by atoms with van der Waals surface area (Å²) in [6, 6.07) is -4.48. The second-order valence-electron chi connectivity index (χ2n) is 19.5. The number of carboxylic acid groups (broad SMARTS) is 4. The minimum atomic E-state index is -1.51. The summed E-state index contributed by atoms with van der Waals surface area (Å²) in [7, 11) is 1.69. The molecule has 0 heterocycles. The lowest BCUT2D eigenvalue weighted by atomic mass is 9.81. The first-order chi connectivity index (χ1) is 33.9. The van der Waals surface area contributed by atoms with Crippen molar-refractivity contribution in [2.45, 2.75) is 236 Å². The molecule has 1 aliphatic carbocycles. The van der Waals surface area contributed by atoms with E-state index in [4.69, 9.17) is 5.11 Å². The first-order valence-electron chi connectivity index (χ1n) is 26.6. The van der Waals surface area contributed by atoms with Gasteiger partial charge in [-0.3, -0.25) is 38.9 Å². The fraction of sp³-hybridized carbons (Fsp3) is 0.824. The molecule has 20 heteroatoms. The van der Waals surface area contributed by atoms with Gasteiger partial charge in [0.25, 0.3) is 0 Å². The number of aliphatic hydroxyl groups is 1. The maximum atomic E-state index is 13.1. The zero-order valence-electron chi connectivity index (χ0n) is 42.8. The summed E-state index contributed by atoms with van der Waals surface area (Å²) in [5.74, 6) is -6.60. The Morgan fingerprint density at radius 3 is 1.42 bits per heavy atom. The Morgan fingerprint density at radius 2 is 0.930 bits per heavy atom. The molecule has 71 heavy (non-hydrogen) atoms. The van der Waals surface area contributed by atoms with E-state index in [1.807, 2.05) is 0 Å². The number of amides is 4. The van der Waals surface area contributed by atoms with Crippen molar-refractivity contribution in [3.8, 4) is 0 Å². The second kappa shape index (κ2) is 39.9. The lowest BCUT2D eigenvalue weighted by molar-refractivity contribution is -0.144. The Balaban J connectivity index is 2.26. The van der Waals surface area contributed by atoms with Crippen molar-refractivity contribution >= 4 is 53.3 Å². The van der Waals surface area contributed by atoms with Crippen LogP contribution in [0, 0.1) is 11.8 Å². The minimum absolute atomic E-state index is 0.0190. The van der Waals surface area contributed by atoms with Gasteiger partial charge in [0.05, 0.1) is 6.04 Å². The maximum Gasteiger partial charge on any atom is 0.326 e. The number of hydrogen-bond donors (Lipinski definition) is 11. The van der Waals surface area contributed by atoms with Crippen molar-refractivity contribution in [1.82, 2.24) is 31.9 Å². The van der Waals surface area contributed by atoms with Gasteiger partial charge in [0, 0.05) is 44.7 Å². The molecule has 0 aliphatic heterocycles. The predicted octanol–water partition coefficient (Wildman–Crippen LogP) is 5.32. The molecule has 0 spiro atoms. The average molecular weight is 1010 g/mol. The standard InChI is InChI=1S/C51H90N6O14/c1-36(58)39(52-2)21-19-20-34-53-44(60)31-28-40(49(66)67)55-45(61)32-29-41(50(68)69)56-46(62)33-30-42(51(70)71)57-48(65)38-26-24-37(25-27-38)35-54-43(59)22-17-15-13-11-9-7-5-3-4-6-8-10-12-14-16-18-23-47(63)64/h37-42,46,52,56,62H,3-35H2,1-2H3,(H,53,60)(H,54,59)(H,55,61)(H,57,65)(H,63,64)(H,66,67)(H,68,69)(H,70,71)/t37-,38-,39-,40-,41-,42-,46?/m0/s1. The number of ketones is 1. The highest BCUT2D eigenvalue weighted by Crippen LogP contribution is 2.29. The van der Waals surface area contributed by atoms with Crippen molar-refractivity contribution in [3.05, 3.63) is 0 Å². The molecule has 1 rings (SSSR count). The molecule has 0 aromatic heterocycles. The number of likely N-dealkylation sites (N-methyl/N-ethyl adjacent to an activating group) is 1. The number of rotatable bonds is 45. The van der Waals surface area contributed by atoms with Gasteiger partial charge in [-0.15, -0.1) is 0 Å². The molecule has 1 unspecified atom stereocenters. The van der Waals surface area contributed by atoms with E-state index < -0.39 is 78.3 Å². The van der Waals surface area contributed by atoms with Crippen LogP contribution in [0.5, 0.6) is 0 Å². The van der Waals surface area contributed by atoms with Gasteiger partial charge >= 0.3 is 23.9 Å². The van der Waals surface area contributed by atoms with Gasteiger partial charge < -0.3 is 52.1 Å². The number of carbonyl (C=O) groups is 9. The molecule has 0 aromatic rings. The Morgan fingerprint density at radius 1 is 0.465 bits per heavy atom. The average Bonchev–Trinajstić information content (AvgIpc) is 3.32. The smallest absolute Gasteiger partial charge is 0.326 e. The van der Waals surface area contributed by atoms with E-state index >= 15 is 0 Å². The van der Waals surface area contributed by atoms with Gasteiger partial charge in [0.1, 0.15) is 30.1 Å². The number of carbonyl (C=O) groups excluding carboxylic acids is 5. The van der Waals surface area contributed by atoms with Gasteiger partial charge in [-0.1, -0.05) is 89.9 Å². The minimum Gasteiger partial charge on any atom is -0.481 e. The van der Waals surface area contributed by atoms with Crippen molar-refractivity contribution < 1.29 is 68.7 Å². The van der Waals surface area contributed by atoms with Gasteiger partial charge in [-0.2, -0.15) is 0 Å². The number of Topliss-reactive ketones (excluding diaryl/α,β-unsaturated/α-hetero) is 1. The number of aliphatic carboxylic acids is 4. The normalized spacial score (nSPS) is 16.7. The highest BCUT2D eigenvalue weighted by molar-refractivity contribution is 5.86. The molecular weight excluding hydrogens is 921 g/mol. The third-order valence-corrected chi connectivity index (χ3v) is 13.4. The molecule has 5 atom stereocenters. The summed E-state index contributed by atoms with van der Waals surface area (Å²) in [6.07, 6.45) is 20.3. The number of aliphatic hydroxyl groups excluding tert-OH is 1. The van der Waals surface area contributed by atoms with Crippen LogP contribution in [0.1, 0.15) is 206 Å². The zero-order chi connectivity index (χ0) is 52.8. The molecule has 0 aromatic carbocycles. The molecule has 0 saturated heterocycles. The lowest BCUT2D eigenvalue weighted by Crippen LogP contribution is -2.47. The summed E-state index contributed by atoms with van der Waals surface area (Å²) < 4.78 is 0. The lowest BCUT2D eigenvalue weighted by Gasteiger charge is -2.29. The van der Waals surface area contributed by atoms with Crippen molar-refractivity contribution in [1.29, 1.82) is 0 Å². The molecule has 0 radical (unpaired) electrons. The molecule has 1 aliphatic rings. The number of hydrogen-bond acceptors (Lipinski definition) is 12. The highest BCUT2D eigenvalue weighted by atomic mass is 16.4. The fourth-order valence-corrected chi connectivity index (χ4v) is 8.89. The van der Waals surface area contributed by atoms with Gasteiger partial charge in [0.15, 0.2) is 0 Å². The largest absolute Gasteiger partial charge is 0.481 e. The first-order valence-corrected chi connectivity index (χ1v) is 26.6. The maximum absolute atomic E-state index is 13.1. The van der Waals surface area contributed by atoms with Crippen molar-refractivity contribution in [2.75, 3.05) is 20.1 Å². The van der Waals surface area contributed by atoms with E-state index in [1.54, 1.807) is 7.05 Å². The van der Waals surface area contributed by atoms with E-state index in [0.29, 0.717) is 64.5 Å². The van der Waals surface area contributed by atoms with E-state index in [1.165, 1.54) is 71.1 Å². The summed E-state index contributed by atoms with van der Waals surface area (Å²) in [5, 5.41) is 64.3. The topological polar surface area (TPSA) is 327 Å². The predicted molar refractivity (Wildman–Crippen MR) is 267 cm³/mol. The Kier molecular flexibility index (Phi) is 36.1. The van der Waals surface area contributed by atoms with Crippen LogP contribution in [-0.2, 0) is 43.2 Å². The number of unbranched alkanes of at least 4 members (excludes halogenated alkanes) is 16. The van der Waals surface area contributed by atoms with Crippen LogP contribution in [0.15, 0.2) is 0 Å². The van der Waals surface area contributed by atoms with Crippen molar-refractivity contribution in [2.24, 2.45) is 11.8 Å². The second-order valence-corrected chi connectivity index (χ2v) is 19.5. The van der Waals surface area contributed by atoms with Crippen LogP contribution in [0.25, 0.3) is 0 Å². The third-order valence-electron chi connectivity index (χ3n) is 13.4. The van der Waals surface area contributed by atoms with E-state index in [-0.39, 0.29) is 62.2 Å². The van der Waals surface area contributed by atoms with E-state index in [0.717, 1.165) is 38.5 Å². The van der Waals surface area contributed by atoms with Crippen LogP contribution in [-0.4, -0.2) is 129 Å². The summed E-state index contributed by atoms with van der Waals surface area (Å²) in [6.45, 7) is 2.35.